The van der Waals surface area contributed by atoms with Crippen molar-refractivity contribution in [1.29, 1.82) is 0 Å². The van der Waals surface area contributed by atoms with Gasteiger partial charge in [-0.2, -0.15) is 11.3 Å². The largest absolute Gasteiger partial charge is 0.399 e. The minimum atomic E-state index is -3.86. The summed E-state index contributed by atoms with van der Waals surface area (Å²) in [6, 6.07) is 5.29. The highest BCUT2D eigenvalue weighted by Gasteiger charge is 2.18. The second kappa shape index (κ2) is 5.05. The number of halogens is 1. The third-order valence-electron chi connectivity index (χ3n) is 2.29. The van der Waals surface area contributed by atoms with E-state index in [2.05, 4.69) is 4.72 Å². The SMILES string of the molecule is Nc1ccc(S(=O)(=O)NCc2ccsc2)c(F)c1. The minimum absolute atomic E-state index is 0.135. The summed E-state index contributed by atoms with van der Waals surface area (Å²) in [4.78, 5) is -0.396. The molecule has 0 atom stereocenters. The van der Waals surface area contributed by atoms with E-state index in [9.17, 15) is 12.8 Å². The van der Waals surface area contributed by atoms with Crippen LogP contribution in [0.15, 0.2) is 39.9 Å². The molecule has 0 spiro atoms. The fourth-order valence-corrected chi connectivity index (χ4v) is 3.13. The van der Waals surface area contributed by atoms with Gasteiger partial charge in [-0.15, -0.1) is 0 Å². The van der Waals surface area contributed by atoms with E-state index in [4.69, 9.17) is 5.73 Å². The van der Waals surface area contributed by atoms with Gasteiger partial charge in [0.05, 0.1) is 0 Å². The van der Waals surface area contributed by atoms with E-state index in [-0.39, 0.29) is 12.2 Å². The van der Waals surface area contributed by atoms with Crippen molar-refractivity contribution in [3.63, 3.8) is 0 Å². The molecule has 3 N–H and O–H groups in total. The summed E-state index contributed by atoms with van der Waals surface area (Å²) in [7, 11) is -3.86. The molecular formula is C11H11FN2O2S2. The van der Waals surface area contributed by atoms with Crippen molar-refractivity contribution in [2.75, 3.05) is 5.73 Å². The summed E-state index contributed by atoms with van der Waals surface area (Å²) in [6.07, 6.45) is 0. The maximum Gasteiger partial charge on any atom is 0.243 e. The molecule has 0 aliphatic carbocycles. The zero-order valence-corrected chi connectivity index (χ0v) is 10.9. The molecule has 96 valence electrons. The highest BCUT2D eigenvalue weighted by Crippen LogP contribution is 2.17. The maximum absolute atomic E-state index is 13.5. The number of thiophene rings is 1. The first kappa shape index (κ1) is 13.0. The molecule has 1 aromatic heterocycles. The first-order valence-corrected chi connectivity index (χ1v) is 7.47. The zero-order valence-electron chi connectivity index (χ0n) is 9.26. The van der Waals surface area contributed by atoms with Crippen molar-refractivity contribution in [2.45, 2.75) is 11.4 Å². The van der Waals surface area contributed by atoms with Gasteiger partial charge in [0, 0.05) is 12.2 Å². The van der Waals surface area contributed by atoms with Crippen LogP contribution in [0.1, 0.15) is 5.56 Å². The molecule has 0 radical (unpaired) electrons. The summed E-state index contributed by atoms with van der Waals surface area (Å²) < 4.78 is 39.6. The van der Waals surface area contributed by atoms with E-state index >= 15 is 0 Å². The summed E-state index contributed by atoms with van der Waals surface area (Å²) in [5.41, 5.74) is 6.39. The van der Waals surface area contributed by atoms with Crippen LogP contribution in [-0.4, -0.2) is 8.42 Å². The van der Waals surface area contributed by atoms with E-state index in [0.29, 0.717) is 0 Å². The van der Waals surface area contributed by atoms with Gasteiger partial charge in [0.25, 0.3) is 0 Å². The number of sulfonamides is 1. The van der Waals surface area contributed by atoms with Crippen LogP contribution in [-0.2, 0) is 16.6 Å². The summed E-state index contributed by atoms with van der Waals surface area (Å²) in [6.45, 7) is 0.135. The summed E-state index contributed by atoms with van der Waals surface area (Å²) in [5.74, 6) is -0.854. The van der Waals surface area contributed by atoms with Gasteiger partial charge < -0.3 is 5.73 Å². The molecule has 0 amide bonds. The number of anilines is 1. The van der Waals surface area contributed by atoms with Crippen LogP contribution >= 0.6 is 11.3 Å². The Labute approximate surface area is 108 Å². The lowest BCUT2D eigenvalue weighted by molar-refractivity contribution is 0.557. The normalized spacial score (nSPS) is 11.6. The Hall–Kier alpha value is -1.44. The van der Waals surface area contributed by atoms with E-state index in [1.165, 1.54) is 17.4 Å². The number of nitrogens with one attached hydrogen (secondary N) is 1. The number of hydrogen-bond acceptors (Lipinski definition) is 4. The Morgan fingerprint density at radius 1 is 1.33 bits per heavy atom. The molecular weight excluding hydrogens is 275 g/mol. The van der Waals surface area contributed by atoms with Crippen molar-refractivity contribution in [3.8, 4) is 0 Å². The van der Waals surface area contributed by atoms with Crippen molar-refractivity contribution in [3.05, 3.63) is 46.4 Å². The highest BCUT2D eigenvalue weighted by atomic mass is 32.2. The molecule has 2 rings (SSSR count). The van der Waals surface area contributed by atoms with Gasteiger partial charge in [0.15, 0.2) is 0 Å². The van der Waals surface area contributed by atoms with Crippen molar-refractivity contribution < 1.29 is 12.8 Å². The Kier molecular flexibility index (Phi) is 3.65. The molecule has 0 bridgehead atoms. The number of nitrogen functional groups attached to an aromatic ring is 1. The van der Waals surface area contributed by atoms with E-state index in [1.807, 2.05) is 10.8 Å². The Morgan fingerprint density at radius 2 is 2.11 bits per heavy atom. The Morgan fingerprint density at radius 3 is 2.72 bits per heavy atom. The van der Waals surface area contributed by atoms with Gasteiger partial charge >= 0.3 is 0 Å². The quantitative estimate of drug-likeness (QED) is 0.844. The fourth-order valence-electron chi connectivity index (χ4n) is 1.38. The minimum Gasteiger partial charge on any atom is -0.399 e. The Balaban J connectivity index is 2.20. The van der Waals surface area contributed by atoms with Crippen LogP contribution in [0.2, 0.25) is 0 Å². The molecule has 0 saturated heterocycles. The van der Waals surface area contributed by atoms with Crippen LogP contribution in [0, 0.1) is 5.82 Å². The molecule has 1 aromatic carbocycles. The molecule has 7 heteroatoms. The summed E-state index contributed by atoms with van der Waals surface area (Å²) in [5, 5.41) is 3.66. The van der Waals surface area contributed by atoms with Crippen molar-refractivity contribution in [2.24, 2.45) is 0 Å². The topological polar surface area (TPSA) is 72.2 Å². The number of hydrogen-bond donors (Lipinski definition) is 2. The van der Waals surface area contributed by atoms with Gasteiger partial charge in [-0.05, 0) is 40.6 Å². The maximum atomic E-state index is 13.5. The smallest absolute Gasteiger partial charge is 0.243 e. The van der Waals surface area contributed by atoms with Crippen molar-refractivity contribution >= 4 is 27.0 Å². The molecule has 0 fully saturated rings. The van der Waals surface area contributed by atoms with E-state index in [1.54, 1.807) is 6.07 Å². The van der Waals surface area contributed by atoms with E-state index < -0.39 is 20.7 Å². The fraction of sp³-hybridized carbons (Fsp3) is 0.0909. The third-order valence-corrected chi connectivity index (χ3v) is 4.46. The summed E-state index contributed by atoms with van der Waals surface area (Å²) >= 11 is 1.47. The lowest BCUT2D eigenvalue weighted by Gasteiger charge is -2.07. The second-order valence-electron chi connectivity index (χ2n) is 3.65. The molecule has 0 aliphatic rings. The number of rotatable bonds is 4. The standard InChI is InChI=1S/C11H11FN2O2S2/c12-10-5-9(13)1-2-11(10)18(15,16)14-6-8-3-4-17-7-8/h1-5,7,14H,6,13H2. The molecule has 2 aromatic rings. The van der Waals surface area contributed by atoms with E-state index in [0.717, 1.165) is 17.7 Å². The monoisotopic (exact) mass is 286 g/mol. The van der Waals surface area contributed by atoms with Crippen LogP contribution in [0.3, 0.4) is 0 Å². The van der Waals surface area contributed by atoms with Crippen LogP contribution in [0.25, 0.3) is 0 Å². The van der Waals surface area contributed by atoms with Crippen molar-refractivity contribution in [1.82, 2.24) is 4.72 Å². The third kappa shape index (κ3) is 2.87. The highest BCUT2D eigenvalue weighted by molar-refractivity contribution is 7.89. The number of benzene rings is 1. The molecule has 1 heterocycles. The van der Waals surface area contributed by atoms with Crippen LogP contribution < -0.4 is 10.5 Å². The van der Waals surface area contributed by atoms with Gasteiger partial charge in [0.1, 0.15) is 10.7 Å². The lowest BCUT2D eigenvalue weighted by atomic mass is 10.3. The molecule has 0 unspecified atom stereocenters. The first-order chi connectivity index (χ1) is 8.49. The predicted molar refractivity (Wildman–Crippen MR) is 69.2 cm³/mol. The average molecular weight is 286 g/mol. The zero-order chi connectivity index (χ0) is 13.2. The average Bonchev–Trinajstić information content (AvgIpc) is 2.78. The lowest BCUT2D eigenvalue weighted by Crippen LogP contribution is -2.24. The van der Waals surface area contributed by atoms with Gasteiger partial charge in [0.2, 0.25) is 10.0 Å². The first-order valence-electron chi connectivity index (χ1n) is 5.05. The van der Waals surface area contributed by atoms with Crippen LogP contribution in [0.4, 0.5) is 10.1 Å². The van der Waals surface area contributed by atoms with Gasteiger partial charge in [-0.25, -0.2) is 17.5 Å². The van der Waals surface area contributed by atoms with Crippen LogP contribution in [0.5, 0.6) is 0 Å². The molecule has 0 saturated carbocycles. The number of nitrogens with two attached hydrogens (primary N) is 1. The van der Waals surface area contributed by atoms with Gasteiger partial charge in [-0.3, -0.25) is 0 Å². The molecule has 0 aliphatic heterocycles. The molecule has 4 nitrogen and oxygen atoms in total. The Bertz CT molecular complexity index is 639. The molecule has 18 heavy (non-hydrogen) atoms. The predicted octanol–water partition coefficient (Wildman–Crippen LogP) is 1.95. The second-order valence-corrected chi connectivity index (χ2v) is 6.16. The van der Waals surface area contributed by atoms with Gasteiger partial charge in [-0.1, -0.05) is 0 Å².